The minimum Gasteiger partial charge on any atom is -0.493 e. The van der Waals surface area contributed by atoms with Crippen LogP contribution in [0.5, 0.6) is 11.5 Å². The second-order valence-electron chi connectivity index (χ2n) is 7.46. The highest BCUT2D eigenvalue weighted by Gasteiger charge is 2.23. The average molecular weight is 479 g/mol. The molecule has 3 aromatic rings. The Bertz CT molecular complexity index is 1180. The Balaban J connectivity index is 1.25. The molecule has 1 aromatic heterocycles. The molecule has 2 N–H and O–H groups in total. The van der Waals surface area contributed by atoms with Crippen LogP contribution in [0.15, 0.2) is 58.8 Å². The summed E-state index contributed by atoms with van der Waals surface area (Å²) in [5.74, 6) is 2.08. The summed E-state index contributed by atoms with van der Waals surface area (Å²) in [5.41, 5.74) is 6.14. The van der Waals surface area contributed by atoms with Gasteiger partial charge in [-0.2, -0.15) is 10.1 Å². The van der Waals surface area contributed by atoms with E-state index in [0.717, 1.165) is 17.5 Å². The van der Waals surface area contributed by atoms with E-state index in [-0.39, 0.29) is 11.7 Å². The number of rotatable bonds is 9. The molecule has 4 rings (SSSR count). The number of H-pyrrole nitrogens is 1. The molecule has 0 saturated heterocycles. The number of benzene rings is 2. The van der Waals surface area contributed by atoms with Gasteiger partial charge >= 0.3 is 0 Å². The summed E-state index contributed by atoms with van der Waals surface area (Å²) >= 11 is 1.28. The highest BCUT2D eigenvalue weighted by molar-refractivity contribution is 7.99. The van der Waals surface area contributed by atoms with Crippen molar-refractivity contribution >= 4 is 35.9 Å². The zero-order chi connectivity index (χ0) is 23.8. The molecule has 0 atom stereocenters. The topological polar surface area (TPSA) is 105 Å². The highest BCUT2D eigenvalue weighted by Crippen LogP contribution is 2.33. The Morgan fingerprint density at radius 2 is 1.97 bits per heavy atom. The van der Waals surface area contributed by atoms with Crippen LogP contribution in [0.4, 0.5) is 5.95 Å². The van der Waals surface area contributed by atoms with E-state index in [9.17, 15) is 4.79 Å². The van der Waals surface area contributed by atoms with Gasteiger partial charge in [0.25, 0.3) is 0 Å². The Labute approximate surface area is 202 Å². The van der Waals surface area contributed by atoms with Gasteiger partial charge in [0, 0.05) is 19.3 Å². The lowest BCUT2D eigenvalue weighted by Crippen LogP contribution is -2.37. The molecule has 0 saturated carbocycles. The summed E-state index contributed by atoms with van der Waals surface area (Å²) in [7, 11) is 3.24. The number of hydrogen-bond acceptors (Lipinski definition) is 8. The molecule has 0 spiro atoms. The quantitative estimate of drug-likeness (QED) is 0.275. The van der Waals surface area contributed by atoms with Crippen molar-refractivity contribution in [1.82, 2.24) is 20.1 Å². The van der Waals surface area contributed by atoms with Crippen molar-refractivity contribution in [2.75, 3.05) is 31.9 Å². The standard InChI is InChI=1S/C24H26N6O3S/c1-32-20-13-18-10-12-30(15-19(18)14-21(20)33-2)22(31)16-34-24-26-23(28-29-24)27-25-11-6-9-17-7-4-3-5-8-17/h3-9,11,13-14H,10,12,15-16H2,1-2H3,(H2,26,27,28,29)/b9-6+,25-11+. The van der Waals surface area contributed by atoms with Crippen LogP contribution in [0.25, 0.3) is 6.08 Å². The molecule has 0 unspecified atom stereocenters. The number of hydrazone groups is 1. The van der Waals surface area contributed by atoms with Gasteiger partial charge in [0.05, 0.1) is 20.0 Å². The maximum absolute atomic E-state index is 12.8. The van der Waals surface area contributed by atoms with Gasteiger partial charge in [-0.15, -0.1) is 5.10 Å². The van der Waals surface area contributed by atoms with Gasteiger partial charge in [-0.05, 0) is 41.3 Å². The van der Waals surface area contributed by atoms with Crippen LogP contribution in [0.2, 0.25) is 0 Å². The first-order valence-corrected chi connectivity index (χ1v) is 11.7. The summed E-state index contributed by atoms with van der Waals surface area (Å²) in [6.07, 6.45) is 6.18. The number of carbonyl (C=O) groups excluding carboxylic acids is 1. The molecular weight excluding hydrogens is 452 g/mol. The number of carbonyl (C=O) groups is 1. The molecule has 34 heavy (non-hydrogen) atoms. The molecule has 9 nitrogen and oxygen atoms in total. The molecule has 2 aromatic carbocycles. The largest absolute Gasteiger partial charge is 0.493 e. The zero-order valence-electron chi connectivity index (χ0n) is 19.0. The van der Waals surface area contributed by atoms with Gasteiger partial charge < -0.3 is 14.4 Å². The second kappa shape index (κ2) is 11.4. The first kappa shape index (κ1) is 23.4. The number of aromatic nitrogens is 3. The van der Waals surface area contributed by atoms with Crippen LogP contribution in [0.1, 0.15) is 16.7 Å². The van der Waals surface area contributed by atoms with E-state index in [2.05, 4.69) is 25.7 Å². The average Bonchev–Trinajstić information content (AvgIpc) is 3.34. The molecule has 1 aliphatic rings. The third-order valence-corrected chi connectivity index (χ3v) is 6.11. The zero-order valence-corrected chi connectivity index (χ0v) is 19.8. The van der Waals surface area contributed by atoms with E-state index < -0.39 is 0 Å². The van der Waals surface area contributed by atoms with E-state index in [0.29, 0.717) is 35.7 Å². The number of fused-ring (bicyclic) bond motifs is 1. The molecule has 0 radical (unpaired) electrons. The normalized spacial score (nSPS) is 13.3. The Morgan fingerprint density at radius 1 is 1.21 bits per heavy atom. The molecule has 10 heteroatoms. The predicted octanol–water partition coefficient (Wildman–Crippen LogP) is 3.61. The lowest BCUT2D eigenvalue weighted by Gasteiger charge is -2.29. The van der Waals surface area contributed by atoms with E-state index >= 15 is 0 Å². The first-order valence-electron chi connectivity index (χ1n) is 10.7. The van der Waals surface area contributed by atoms with Gasteiger partial charge in [-0.3, -0.25) is 4.79 Å². The van der Waals surface area contributed by atoms with Crippen molar-refractivity contribution < 1.29 is 14.3 Å². The number of nitrogens with zero attached hydrogens (tertiary/aromatic N) is 4. The molecular formula is C24H26N6O3S. The Morgan fingerprint density at radius 3 is 2.74 bits per heavy atom. The van der Waals surface area contributed by atoms with Gasteiger partial charge in [-0.1, -0.05) is 48.2 Å². The van der Waals surface area contributed by atoms with Gasteiger partial charge in [0.2, 0.25) is 17.0 Å². The van der Waals surface area contributed by atoms with E-state index in [1.165, 1.54) is 17.3 Å². The van der Waals surface area contributed by atoms with Crippen LogP contribution in [-0.2, 0) is 17.8 Å². The molecule has 0 bridgehead atoms. The number of nitrogens with one attached hydrogen (secondary N) is 2. The number of hydrogen-bond donors (Lipinski definition) is 2. The number of amides is 1. The number of ether oxygens (including phenoxy) is 2. The second-order valence-corrected chi connectivity index (χ2v) is 8.40. The summed E-state index contributed by atoms with van der Waals surface area (Å²) in [4.78, 5) is 18.9. The number of methoxy groups -OCH3 is 2. The van der Waals surface area contributed by atoms with Crippen LogP contribution in [0.3, 0.4) is 0 Å². The number of anilines is 1. The fourth-order valence-electron chi connectivity index (χ4n) is 3.53. The van der Waals surface area contributed by atoms with Crippen molar-refractivity contribution in [1.29, 1.82) is 0 Å². The summed E-state index contributed by atoms with van der Waals surface area (Å²) in [6, 6.07) is 13.9. The van der Waals surface area contributed by atoms with Gasteiger partial charge in [0.15, 0.2) is 11.5 Å². The summed E-state index contributed by atoms with van der Waals surface area (Å²) in [5, 5.41) is 11.5. The fraction of sp³-hybridized carbons (Fsp3) is 0.250. The minimum atomic E-state index is 0.0359. The van der Waals surface area contributed by atoms with Crippen molar-refractivity contribution in [3.05, 3.63) is 65.2 Å². The molecule has 1 amide bonds. The first-order chi connectivity index (χ1) is 16.7. The summed E-state index contributed by atoms with van der Waals surface area (Å²) < 4.78 is 10.8. The molecule has 0 fully saturated rings. The lowest BCUT2D eigenvalue weighted by atomic mass is 9.99. The van der Waals surface area contributed by atoms with Gasteiger partial charge in [0.1, 0.15) is 0 Å². The Hall–Kier alpha value is -3.79. The number of aromatic amines is 1. The van der Waals surface area contributed by atoms with E-state index in [4.69, 9.17) is 9.47 Å². The summed E-state index contributed by atoms with van der Waals surface area (Å²) in [6.45, 7) is 1.20. The lowest BCUT2D eigenvalue weighted by molar-refractivity contribution is -0.129. The third-order valence-electron chi connectivity index (χ3n) is 5.28. The van der Waals surface area contributed by atoms with Crippen molar-refractivity contribution in [3.63, 3.8) is 0 Å². The highest BCUT2D eigenvalue weighted by atomic mass is 32.2. The van der Waals surface area contributed by atoms with Crippen molar-refractivity contribution in [2.24, 2.45) is 5.10 Å². The molecule has 2 heterocycles. The van der Waals surface area contributed by atoms with Crippen LogP contribution < -0.4 is 14.9 Å². The van der Waals surface area contributed by atoms with Crippen LogP contribution in [-0.4, -0.2) is 58.7 Å². The predicted molar refractivity (Wildman–Crippen MR) is 133 cm³/mol. The third kappa shape index (κ3) is 5.96. The van der Waals surface area contributed by atoms with E-state index in [1.807, 2.05) is 59.5 Å². The maximum Gasteiger partial charge on any atom is 0.240 e. The molecule has 1 aliphatic heterocycles. The van der Waals surface area contributed by atoms with Crippen LogP contribution >= 0.6 is 11.8 Å². The fourth-order valence-corrected chi connectivity index (χ4v) is 4.24. The number of thioether (sulfide) groups is 1. The monoisotopic (exact) mass is 478 g/mol. The molecule has 0 aliphatic carbocycles. The van der Waals surface area contributed by atoms with Gasteiger partial charge in [-0.25, -0.2) is 10.5 Å². The van der Waals surface area contributed by atoms with Crippen molar-refractivity contribution in [2.45, 2.75) is 18.1 Å². The van der Waals surface area contributed by atoms with E-state index in [1.54, 1.807) is 20.4 Å². The van der Waals surface area contributed by atoms with Crippen LogP contribution in [0, 0.1) is 0 Å². The minimum absolute atomic E-state index is 0.0359. The smallest absolute Gasteiger partial charge is 0.240 e. The number of allylic oxidation sites excluding steroid dienone is 1. The SMILES string of the molecule is COc1cc2c(cc1OC)CN(C(=O)CSc1n[nH]c(N/N=C/C=C/c3ccccc3)n1)CC2. The molecule has 176 valence electrons. The van der Waals surface area contributed by atoms with Crippen molar-refractivity contribution in [3.8, 4) is 11.5 Å². The Kier molecular flexibility index (Phi) is 7.82. The maximum atomic E-state index is 12.8.